The summed E-state index contributed by atoms with van der Waals surface area (Å²) >= 11 is 1.34. The van der Waals surface area contributed by atoms with Gasteiger partial charge in [0, 0.05) is 12.7 Å². The van der Waals surface area contributed by atoms with E-state index in [4.69, 9.17) is 0 Å². The maximum atomic E-state index is 10.7. The minimum atomic E-state index is 0.170. The lowest BCUT2D eigenvalue weighted by atomic mass is 10.1. The molecule has 1 nitrogen and oxygen atoms in total. The Balaban J connectivity index is 2.59. The van der Waals surface area contributed by atoms with E-state index < -0.39 is 0 Å². The average Bonchev–Trinajstić information content (AvgIpc) is 2.24. The van der Waals surface area contributed by atoms with E-state index in [1.165, 1.54) is 22.9 Å². The Morgan fingerprint density at radius 3 is 2.80 bits per heavy atom. The molecule has 1 aromatic carbocycles. The average molecular weight is 220 g/mol. The van der Waals surface area contributed by atoms with Gasteiger partial charge in [-0.3, -0.25) is 4.79 Å². The van der Waals surface area contributed by atoms with Crippen LogP contribution in [0, 0.1) is 0 Å². The molecule has 0 saturated carbocycles. The van der Waals surface area contributed by atoms with E-state index in [1.807, 2.05) is 12.1 Å². The monoisotopic (exact) mass is 220 g/mol. The summed E-state index contributed by atoms with van der Waals surface area (Å²) in [5, 5.41) is 0.170. The molecule has 0 spiro atoms. The molecular weight excluding hydrogens is 204 g/mol. The van der Waals surface area contributed by atoms with E-state index >= 15 is 0 Å². The number of hydrogen-bond acceptors (Lipinski definition) is 2. The van der Waals surface area contributed by atoms with Gasteiger partial charge in [-0.25, -0.2) is 0 Å². The van der Waals surface area contributed by atoms with Crippen LogP contribution in [0.3, 0.4) is 0 Å². The SMILES string of the molecule is CCc1ccccc1C=CCSC(C)=O. The van der Waals surface area contributed by atoms with Crippen molar-refractivity contribution >= 4 is 23.0 Å². The molecular formula is C13H16OS. The summed E-state index contributed by atoms with van der Waals surface area (Å²) in [6.45, 7) is 3.75. The number of hydrogen-bond donors (Lipinski definition) is 0. The summed E-state index contributed by atoms with van der Waals surface area (Å²) in [5.41, 5.74) is 2.60. The van der Waals surface area contributed by atoms with Crippen molar-refractivity contribution in [2.24, 2.45) is 0 Å². The maximum absolute atomic E-state index is 10.7. The van der Waals surface area contributed by atoms with Gasteiger partial charge in [0.25, 0.3) is 0 Å². The Morgan fingerprint density at radius 1 is 1.40 bits per heavy atom. The van der Waals surface area contributed by atoms with Crippen LogP contribution in [0.5, 0.6) is 0 Å². The molecule has 0 aromatic heterocycles. The summed E-state index contributed by atoms with van der Waals surface area (Å²) in [7, 11) is 0. The third-order valence-corrected chi connectivity index (χ3v) is 2.88. The van der Waals surface area contributed by atoms with Gasteiger partial charge in [0.15, 0.2) is 5.12 Å². The zero-order valence-corrected chi connectivity index (χ0v) is 10.0. The van der Waals surface area contributed by atoms with Crippen LogP contribution in [-0.2, 0) is 11.2 Å². The standard InChI is InChI=1S/C13H16OS/c1-3-12-7-4-5-8-13(12)9-6-10-15-11(2)14/h4-9H,3,10H2,1-2H3. The molecule has 1 aromatic rings. The van der Waals surface area contributed by atoms with Crippen molar-refractivity contribution in [3.8, 4) is 0 Å². The van der Waals surface area contributed by atoms with E-state index in [0.717, 1.165) is 12.2 Å². The number of rotatable bonds is 4. The lowest BCUT2D eigenvalue weighted by Gasteiger charge is -2.01. The fraction of sp³-hybridized carbons (Fsp3) is 0.308. The minimum absolute atomic E-state index is 0.170. The fourth-order valence-electron chi connectivity index (χ4n) is 1.36. The van der Waals surface area contributed by atoms with Crippen LogP contribution in [0.1, 0.15) is 25.0 Å². The molecule has 0 heterocycles. The molecule has 1 rings (SSSR count). The molecule has 0 saturated heterocycles. The highest BCUT2D eigenvalue weighted by molar-refractivity contribution is 8.13. The molecule has 2 heteroatoms. The maximum Gasteiger partial charge on any atom is 0.186 e. The van der Waals surface area contributed by atoms with E-state index in [1.54, 1.807) is 6.92 Å². The zero-order chi connectivity index (χ0) is 11.1. The normalized spacial score (nSPS) is 10.8. The molecule has 0 aliphatic heterocycles. The van der Waals surface area contributed by atoms with E-state index in [-0.39, 0.29) is 5.12 Å². The van der Waals surface area contributed by atoms with Crippen LogP contribution >= 0.6 is 11.8 Å². The van der Waals surface area contributed by atoms with Gasteiger partial charge in [-0.05, 0) is 17.5 Å². The molecule has 0 aliphatic rings. The summed E-state index contributed by atoms with van der Waals surface area (Å²) in [6, 6.07) is 8.34. The molecule has 0 N–H and O–H groups in total. The van der Waals surface area contributed by atoms with Crippen LogP contribution < -0.4 is 0 Å². The van der Waals surface area contributed by atoms with Crippen LogP contribution in [0.2, 0.25) is 0 Å². The summed E-state index contributed by atoms with van der Waals surface area (Å²) in [6.07, 6.45) is 5.18. The van der Waals surface area contributed by atoms with Crippen LogP contribution in [0.15, 0.2) is 30.3 Å². The van der Waals surface area contributed by atoms with Crippen molar-refractivity contribution in [3.05, 3.63) is 41.5 Å². The molecule has 80 valence electrons. The summed E-state index contributed by atoms with van der Waals surface area (Å²) in [5.74, 6) is 0.757. The van der Waals surface area contributed by atoms with Crippen molar-refractivity contribution in [1.82, 2.24) is 0 Å². The summed E-state index contributed by atoms with van der Waals surface area (Å²) in [4.78, 5) is 10.7. The fourth-order valence-corrected chi connectivity index (χ4v) is 1.79. The van der Waals surface area contributed by atoms with Gasteiger partial charge >= 0.3 is 0 Å². The molecule has 0 unspecified atom stereocenters. The topological polar surface area (TPSA) is 17.1 Å². The highest BCUT2D eigenvalue weighted by Crippen LogP contribution is 2.12. The predicted octanol–water partition coefficient (Wildman–Crippen LogP) is 3.54. The first-order valence-electron chi connectivity index (χ1n) is 5.12. The van der Waals surface area contributed by atoms with Gasteiger partial charge in [-0.2, -0.15) is 0 Å². The van der Waals surface area contributed by atoms with Crippen LogP contribution in [0.25, 0.3) is 6.08 Å². The highest BCUT2D eigenvalue weighted by Gasteiger charge is 1.94. The van der Waals surface area contributed by atoms with E-state index in [9.17, 15) is 4.79 Å². The van der Waals surface area contributed by atoms with Crippen molar-refractivity contribution in [2.45, 2.75) is 20.3 Å². The second kappa shape index (κ2) is 6.46. The first-order valence-corrected chi connectivity index (χ1v) is 6.10. The second-order valence-electron chi connectivity index (χ2n) is 3.26. The lowest BCUT2D eigenvalue weighted by molar-refractivity contribution is -0.109. The Kier molecular flexibility index (Phi) is 5.19. The highest BCUT2D eigenvalue weighted by atomic mass is 32.2. The van der Waals surface area contributed by atoms with Gasteiger partial charge < -0.3 is 0 Å². The molecule has 0 fully saturated rings. The second-order valence-corrected chi connectivity index (χ2v) is 4.45. The Hall–Kier alpha value is -1.02. The molecule has 0 atom stereocenters. The van der Waals surface area contributed by atoms with Crippen molar-refractivity contribution in [3.63, 3.8) is 0 Å². The third-order valence-electron chi connectivity index (χ3n) is 2.12. The molecule has 0 aliphatic carbocycles. The Labute approximate surface area is 95.6 Å². The first-order chi connectivity index (χ1) is 7.24. The Morgan fingerprint density at radius 2 is 2.13 bits per heavy atom. The molecule has 0 radical (unpaired) electrons. The zero-order valence-electron chi connectivity index (χ0n) is 9.19. The Bertz CT molecular complexity index is 355. The minimum Gasteiger partial charge on any atom is -0.288 e. The summed E-state index contributed by atoms with van der Waals surface area (Å²) < 4.78 is 0. The number of benzene rings is 1. The van der Waals surface area contributed by atoms with Gasteiger partial charge in [-0.15, -0.1) is 0 Å². The quantitative estimate of drug-likeness (QED) is 0.772. The largest absolute Gasteiger partial charge is 0.288 e. The predicted molar refractivity (Wildman–Crippen MR) is 68.0 cm³/mol. The van der Waals surface area contributed by atoms with Gasteiger partial charge in [-0.1, -0.05) is 55.1 Å². The number of carbonyl (C=O) groups is 1. The van der Waals surface area contributed by atoms with Crippen LogP contribution in [-0.4, -0.2) is 10.9 Å². The van der Waals surface area contributed by atoms with Crippen molar-refractivity contribution < 1.29 is 4.79 Å². The van der Waals surface area contributed by atoms with Crippen molar-refractivity contribution in [2.75, 3.05) is 5.75 Å². The third kappa shape index (κ3) is 4.34. The van der Waals surface area contributed by atoms with Crippen LogP contribution in [0.4, 0.5) is 0 Å². The lowest BCUT2D eigenvalue weighted by Crippen LogP contribution is -1.85. The number of thioether (sulfide) groups is 1. The first kappa shape index (κ1) is 12.1. The molecule has 0 bridgehead atoms. The number of carbonyl (C=O) groups excluding carboxylic acids is 1. The number of aryl methyl sites for hydroxylation is 1. The molecule has 0 amide bonds. The van der Waals surface area contributed by atoms with Gasteiger partial charge in [0.2, 0.25) is 0 Å². The van der Waals surface area contributed by atoms with E-state index in [0.29, 0.717) is 0 Å². The van der Waals surface area contributed by atoms with Gasteiger partial charge in [0.05, 0.1) is 0 Å². The smallest absolute Gasteiger partial charge is 0.186 e. The molecule has 15 heavy (non-hydrogen) atoms. The van der Waals surface area contributed by atoms with E-state index in [2.05, 4.69) is 31.2 Å². The van der Waals surface area contributed by atoms with Gasteiger partial charge in [0.1, 0.15) is 0 Å². The van der Waals surface area contributed by atoms with Crippen molar-refractivity contribution in [1.29, 1.82) is 0 Å².